The van der Waals surface area contributed by atoms with Crippen molar-refractivity contribution in [2.75, 3.05) is 47.0 Å². The number of rotatable bonds is 6. The van der Waals surface area contributed by atoms with Crippen LogP contribution in [0, 0.1) is 11.3 Å². The van der Waals surface area contributed by atoms with Crippen molar-refractivity contribution in [1.82, 2.24) is 9.80 Å². The number of piperidine rings is 1. The number of aliphatic hydroxyl groups is 1. The summed E-state index contributed by atoms with van der Waals surface area (Å²) in [5, 5.41) is 10.0. The van der Waals surface area contributed by atoms with Gasteiger partial charge in [0.15, 0.2) is 0 Å². The first-order valence-electron chi connectivity index (χ1n) is 10.4. The second kappa shape index (κ2) is 7.98. The van der Waals surface area contributed by atoms with Gasteiger partial charge in [-0.25, -0.2) is 0 Å². The molecule has 1 N–H and O–H groups in total. The molecule has 2 saturated heterocycles. The molecule has 1 aliphatic carbocycles. The van der Waals surface area contributed by atoms with Crippen LogP contribution in [0.1, 0.15) is 37.7 Å². The molecule has 1 atom stereocenters. The fraction of sp³-hybridized carbons (Fsp3) is 0.727. The van der Waals surface area contributed by atoms with Gasteiger partial charge < -0.3 is 14.6 Å². The van der Waals surface area contributed by atoms with Gasteiger partial charge in [-0.15, -0.1) is 0 Å². The molecule has 3 fully saturated rings. The highest BCUT2D eigenvalue weighted by Crippen LogP contribution is 2.47. The van der Waals surface area contributed by atoms with E-state index in [2.05, 4.69) is 21.9 Å². The van der Waals surface area contributed by atoms with Crippen LogP contribution in [-0.4, -0.2) is 68.0 Å². The molecule has 1 aromatic rings. The van der Waals surface area contributed by atoms with Crippen LogP contribution in [0.4, 0.5) is 0 Å². The van der Waals surface area contributed by atoms with E-state index in [1.807, 2.05) is 6.07 Å². The zero-order valence-electron chi connectivity index (χ0n) is 16.8. The number of nitrogens with zero attached hydrogens (tertiary/aromatic N) is 2. The van der Waals surface area contributed by atoms with Crippen molar-refractivity contribution < 1.29 is 14.6 Å². The highest BCUT2D eigenvalue weighted by Gasteiger charge is 2.49. The standard InChI is InChI=1S/C22H34N2O3/c1-26-20-10-17(11-21(12-20)27-2)13-23-8-6-22(7-9-23)16-24(14-18(22)15-25)19-4-3-5-19/h10-12,18-19,25H,3-9,13-16H2,1-2H3. The van der Waals surface area contributed by atoms with Gasteiger partial charge in [-0.1, -0.05) is 6.42 Å². The topological polar surface area (TPSA) is 45.2 Å². The summed E-state index contributed by atoms with van der Waals surface area (Å²) in [6, 6.07) is 6.93. The molecule has 150 valence electrons. The van der Waals surface area contributed by atoms with Crippen molar-refractivity contribution >= 4 is 0 Å². The summed E-state index contributed by atoms with van der Waals surface area (Å²) in [6.45, 7) is 5.79. The van der Waals surface area contributed by atoms with Crippen LogP contribution in [0.25, 0.3) is 0 Å². The molecule has 1 spiro atoms. The molecule has 1 unspecified atom stereocenters. The van der Waals surface area contributed by atoms with Crippen molar-refractivity contribution in [2.45, 2.75) is 44.7 Å². The van der Waals surface area contributed by atoms with Crippen LogP contribution in [0.5, 0.6) is 11.5 Å². The Bertz CT molecular complexity index is 616. The Labute approximate surface area is 163 Å². The number of ether oxygens (including phenoxy) is 2. The van der Waals surface area contributed by atoms with E-state index in [1.54, 1.807) is 14.2 Å². The Balaban J connectivity index is 1.38. The summed E-state index contributed by atoms with van der Waals surface area (Å²) in [4.78, 5) is 5.23. The molecule has 5 nitrogen and oxygen atoms in total. The van der Waals surface area contributed by atoms with Gasteiger partial charge in [0.25, 0.3) is 0 Å². The molecule has 2 aliphatic heterocycles. The normalized spacial score (nSPS) is 26.3. The molecule has 3 aliphatic rings. The SMILES string of the molecule is COc1cc(CN2CCC3(CC2)CN(C2CCC2)CC3CO)cc(OC)c1. The monoisotopic (exact) mass is 374 g/mol. The Morgan fingerprint density at radius 2 is 1.74 bits per heavy atom. The Morgan fingerprint density at radius 3 is 2.26 bits per heavy atom. The molecule has 5 heteroatoms. The maximum Gasteiger partial charge on any atom is 0.122 e. The lowest BCUT2D eigenvalue weighted by Crippen LogP contribution is -2.45. The van der Waals surface area contributed by atoms with Crippen molar-refractivity contribution in [1.29, 1.82) is 0 Å². The summed E-state index contributed by atoms with van der Waals surface area (Å²) in [5.74, 6) is 2.16. The van der Waals surface area contributed by atoms with E-state index in [9.17, 15) is 5.11 Å². The maximum absolute atomic E-state index is 10.0. The van der Waals surface area contributed by atoms with Crippen LogP contribution in [0.3, 0.4) is 0 Å². The molecular formula is C22H34N2O3. The lowest BCUT2D eigenvalue weighted by molar-refractivity contribution is 0.0453. The summed E-state index contributed by atoms with van der Waals surface area (Å²) >= 11 is 0. The van der Waals surface area contributed by atoms with Crippen LogP contribution in [-0.2, 0) is 6.54 Å². The predicted octanol–water partition coefficient (Wildman–Crippen LogP) is 2.76. The number of hydrogen-bond donors (Lipinski definition) is 1. The average Bonchev–Trinajstić information content (AvgIpc) is 2.99. The number of likely N-dealkylation sites (tertiary alicyclic amines) is 2. The number of hydrogen-bond acceptors (Lipinski definition) is 5. The van der Waals surface area contributed by atoms with Gasteiger partial charge in [0.1, 0.15) is 11.5 Å². The van der Waals surface area contributed by atoms with E-state index in [0.717, 1.165) is 43.7 Å². The van der Waals surface area contributed by atoms with Gasteiger partial charge in [0.2, 0.25) is 0 Å². The smallest absolute Gasteiger partial charge is 0.122 e. The van der Waals surface area contributed by atoms with Gasteiger partial charge in [-0.2, -0.15) is 0 Å². The van der Waals surface area contributed by atoms with Gasteiger partial charge in [-0.05, 0) is 61.9 Å². The highest BCUT2D eigenvalue weighted by atomic mass is 16.5. The average molecular weight is 375 g/mol. The zero-order valence-corrected chi connectivity index (χ0v) is 16.8. The molecule has 0 radical (unpaired) electrons. The van der Waals surface area contributed by atoms with Crippen LogP contribution in [0.2, 0.25) is 0 Å². The summed E-state index contributed by atoms with van der Waals surface area (Å²) in [5.41, 5.74) is 1.57. The van der Waals surface area contributed by atoms with Crippen LogP contribution < -0.4 is 9.47 Å². The first-order valence-corrected chi connectivity index (χ1v) is 10.4. The molecule has 0 amide bonds. The predicted molar refractivity (Wildman–Crippen MR) is 106 cm³/mol. The minimum atomic E-state index is 0.326. The minimum Gasteiger partial charge on any atom is -0.497 e. The number of methoxy groups -OCH3 is 2. The summed E-state index contributed by atoms with van der Waals surface area (Å²) < 4.78 is 10.8. The molecule has 0 bridgehead atoms. The van der Waals surface area contributed by atoms with Crippen molar-refractivity contribution in [2.24, 2.45) is 11.3 Å². The van der Waals surface area contributed by atoms with Gasteiger partial charge >= 0.3 is 0 Å². The third kappa shape index (κ3) is 3.82. The highest BCUT2D eigenvalue weighted by molar-refractivity contribution is 5.38. The van der Waals surface area contributed by atoms with E-state index < -0.39 is 0 Å². The first kappa shape index (κ1) is 19.0. The molecule has 1 aromatic carbocycles. The van der Waals surface area contributed by atoms with Gasteiger partial charge in [-0.3, -0.25) is 9.80 Å². The molecule has 27 heavy (non-hydrogen) atoms. The fourth-order valence-electron chi connectivity index (χ4n) is 5.29. The van der Waals surface area contributed by atoms with E-state index in [1.165, 1.54) is 44.2 Å². The summed E-state index contributed by atoms with van der Waals surface area (Å²) in [7, 11) is 3.40. The minimum absolute atomic E-state index is 0.326. The zero-order chi connectivity index (χ0) is 18.9. The fourth-order valence-corrected chi connectivity index (χ4v) is 5.29. The second-order valence-corrected chi connectivity index (χ2v) is 8.75. The summed E-state index contributed by atoms with van der Waals surface area (Å²) in [6.07, 6.45) is 6.50. The van der Waals surface area contributed by atoms with E-state index in [0.29, 0.717) is 17.9 Å². The molecule has 1 saturated carbocycles. The molecule has 2 heterocycles. The van der Waals surface area contributed by atoms with E-state index in [-0.39, 0.29) is 0 Å². The van der Waals surface area contributed by atoms with Crippen molar-refractivity contribution in [3.05, 3.63) is 23.8 Å². The quantitative estimate of drug-likeness (QED) is 0.830. The molecule has 0 aromatic heterocycles. The van der Waals surface area contributed by atoms with Crippen molar-refractivity contribution in [3.63, 3.8) is 0 Å². The van der Waals surface area contributed by atoms with Crippen LogP contribution in [0.15, 0.2) is 18.2 Å². The third-order valence-electron chi connectivity index (χ3n) is 7.32. The number of aliphatic hydroxyl groups excluding tert-OH is 1. The van der Waals surface area contributed by atoms with E-state index in [4.69, 9.17) is 9.47 Å². The van der Waals surface area contributed by atoms with Crippen molar-refractivity contribution in [3.8, 4) is 11.5 Å². The number of benzene rings is 1. The Hall–Kier alpha value is -1.30. The lowest BCUT2D eigenvalue weighted by atomic mass is 9.71. The Kier molecular flexibility index (Phi) is 5.62. The van der Waals surface area contributed by atoms with Gasteiger partial charge in [0.05, 0.1) is 14.2 Å². The lowest BCUT2D eigenvalue weighted by Gasteiger charge is -2.43. The third-order valence-corrected chi connectivity index (χ3v) is 7.32. The van der Waals surface area contributed by atoms with E-state index >= 15 is 0 Å². The molecule has 4 rings (SSSR count). The van der Waals surface area contributed by atoms with Crippen LogP contribution >= 0.6 is 0 Å². The second-order valence-electron chi connectivity index (χ2n) is 8.75. The largest absolute Gasteiger partial charge is 0.497 e. The first-order chi connectivity index (χ1) is 13.2. The molecular weight excluding hydrogens is 340 g/mol. The maximum atomic E-state index is 10.0. The Morgan fingerprint density at radius 1 is 1.07 bits per heavy atom. The van der Waals surface area contributed by atoms with Gasteiger partial charge in [0, 0.05) is 44.3 Å².